The average molecular weight is 377 g/mol. The van der Waals surface area contributed by atoms with Gasteiger partial charge in [0, 0.05) is 6.54 Å². The Morgan fingerprint density at radius 3 is 2.69 bits per heavy atom. The van der Waals surface area contributed by atoms with Crippen molar-refractivity contribution in [2.75, 3.05) is 26.2 Å². The standard InChI is InChI=1S/C19H18ClFN2O3/c20-14-7-4-8-15(21)18(14)19(25)22-11-17(24)23-9-10-26-16(12-23)13-5-2-1-3-6-13/h1-8,16H,9-12H2,(H,22,25)/t16-/m0/s1. The van der Waals surface area contributed by atoms with E-state index in [2.05, 4.69) is 5.32 Å². The molecule has 0 aliphatic carbocycles. The maximum absolute atomic E-state index is 13.8. The van der Waals surface area contributed by atoms with Gasteiger partial charge in [0.05, 0.1) is 30.3 Å². The number of hydrogen-bond acceptors (Lipinski definition) is 3. The monoisotopic (exact) mass is 376 g/mol. The molecule has 0 saturated carbocycles. The highest BCUT2D eigenvalue weighted by Crippen LogP contribution is 2.22. The van der Waals surface area contributed by atoms with Gasteiger partial charge in [-0.25, -0.2) is 4.39 Å². The highest BCUT2D eigenvalue weighted by Gasteiger charge is 2.26. The molecule has 136 valence electrons. The summed E-state index contributed by atoms with van der Waals surface area (Å²) in [6, 6.07) is 13.6. The minimum absolute atomic E-state index is 0.00506. The van der Waals surface area contributed by atoms with Crippen LogP contribution in [0.1, 0.15) is 22.0 Å². The van der Waals surface area contributed by atoms with Gasteiger partial charge in [0.15, 0.2) is 0 Å². The second-order valence-corrected chi connectivity index (χ2v) is 6.30. The molecule has 1 heterocycles. The van der Waals surface area contributed by atoms with E-state index in [0.717, 1.165) is 11.6 Å². The van der Waals surface area contributed by atoms with Gasteiger partial charge in [-0.1, -0.05) is 48.0 Å². The van der Waals surface area contributed by atoms with Crippen LogP contribution in [0.5, 0.6) is 0 Å². The predicted molar refractivity (Wildman–Crippen MR) is 95.5 cm³/mol. The van der Waals surface area contributed by atoms with Crippen molar-refractivity contribution < 1.29 is 18.7 Å². The van der Waals surface area contributed by atoms with E-state index in [-0.39, 0.29) is 29.1 Å². The van der Waals surface area contributed by atoms with Crippen LogP contribution in [0, 0.1) is 5.82 Å². The summed E-state index contributed by atoms with van der Waals surface area (Å²) >= 11 is 5.86. The molecule has 1 aliphatic rings. The lowest BCUT2D eigenvalue weighted by molar-refractivity contribution is -0.137. The van der Waals surface area contributed by atoms with E-state index < -0.39 is 11.7 Å². The largest absolute Gasteiger partial charge is 0.370 e. The number of halogens is 2. The second kappa shape index (κ2) is 8.29. The predicted octanol–water partition coefficient (Wildman–Crippen LogP) is 2.81. The van der Waals surface area contributed by atoms with Crippen molar-refractivity contribution in [1.29, 1.82) is 0 Å². The van der Waals surface area contributed by atoms with Gasteiger partial charge in [0.25, 0.3) is 5.91 Å². The van der Waals surface area contributed by atoms with Crippen LogP contribution in [0.15, 0.2) is 48.5 Å². The first-order chi connectivity index (χ1) is 12.6. The molecule has 0 spiro atoms. The first-order valence-corrected chi connectivity index (χ1v) is 8.60. The molecule has 26 heavy (non-hydrogen) atoms. The van der Waals surface area contributed by atoms with Crippen LogP contribution < -0.4 is 5.32 Å². The highest BCUT2D eigenvalue weighted by atomic mass is 35.5. The van der Waals surface area contributed by atoms with Crippen molar-refractivity contribution in [2.24, 2.45) is 0 Å². The van der Waals surface area contributed by atoms with Crippen LogP contribution in [0.3, 0.4) is 0 Å². The number of nitrogens with one attached hydrogen (secondary N) is 1. The third kappa shape index (κ3) is 4.20. The van der Waals surface area contributed by atoms with Crippen molar-refractivity contribution in [3.8, 4) is 0 Å². The van der Waals surface area contributed by atoms with Gasteiger partial charge in [-0.05, 0) is 17.7 Å². The average Bonchev–Trinajstić information content (AvgIpc) is 2.67. The summed E-state index contributed by atoms with van der Waals surface area (Å²) in [7, 11) is 0. The Kier molecular flexibility index (Phi) is 5.85. The Morgan fingerprint density at radius 1 is 1.19 bits per heavy atom. The molecule has 5 nitrogen and oxygen atoms in total. The van der Waals surface area contributed by atoms with Gasteiger partial charge in [-0.3, -0.25) is 9.59 Å². The van der Waals surface area contributed by atoms with Gasteiger partial charge >= 0.3 is 0 Å². The van der Waals surface area contributed by atoms with Crippen LogP contribution in [0.4, 0.5) is 4.39 Å². The summed E-state index contributed by atoms with van der Waals surface area (Å²) in [5.41, 5.74) is 0.735. The smallest absolute Gasteiger partial charge is 0.256 e. The molecule has 1 N–H and O–H groups in total. The fourth-order valence-electron chi connectivity index (χ4n) is 2.82. The number of ether oxygens (including phenoxy) is 1. The lowest BCUT2D eigenvalue weighted by atomic mass is 10.1. The van der Waals surface area contributed by atoms with E-state index in [1.807, 2.05) is 30.3 Å². The van der Waals surface area contributed by atoms with Crippen LogP contribution in [-0.2, 0) is 9.53 Å². The van der Waals surface area contributed by atoms with Crippen molar-refractivity contribution in [3.63, 3.8) is 0 Å². The topological polar surface area (TPSA) is 58.6 Å². The van der Waals surface area contributed by atoms with E-state index in [4.69, 9.17) is 16.3 Å². The fraction of sp³-hybridized carbons (Fsp3) is 0.263. The van der Waals surface area contributed by atoms with Crippen LogP contribution >= 0.6 is 11.6 Å². The van der Waals surface area contributed by atoms with E-state index in [0.29, 0.717) is 19.7 Å². The number of benzene rings is 2. The van der Waals surface area contributed by atoms with Crippen LogP contribution in [0.2, 0.25) is 5.02 Å². The summed E-state index contributed by atoms with van der Waals surface area (Å²) in [5, 5.41) is 2.44. The van der Waals surface area contributed by atoms with E-state index in [1.165, 1.54) is 12.1 Å². The number of morpholine rings is 1. The molecule has 3 rings (SSSR count). The molecule has 2 amide bonds. The maximum Gasteiger partial charge on any atom is 0.256 e. The normalized spacial score (nSPS) is 17.0. The van der Waals surface area contributed by atoms with E-state index >= 15 is 0 Å². The number of carbonyl (C=O) groups is 2. The second-order valence-electron chi connectivity index (χ2n) is 5.89. The summed E-state index contributed by atoms with van der Waals surface area (Å²) in [5.74, 6) is -1.69. The van der Waals surface area contributed by atoms with E-state index in [9.17, 15) is 14.0 Å². The molecule has 0 bridgehead atoms. The number of hydrogen-bond donors (Lipinski definition) is 1. The lowest BCUT2D eigenvalue weighted by Crippen LogP contribution is -2.46. The minimum Gasteiger partial charge on any atom is -0.370 e. The van der Waals surface area contributed by atoms with Crippen molar-refractivity contribution in [1.82, 2.24) is 10.2 Å². The van der Waals surface area contributed by atoms with Gasteiger partial charge in [-0.2, -0.15) is 0 Å². The van der Waals surface area contributed by atoms with Gasteiger partial charge in [-0.15, -0.1) is 0 Å². The zero-order valence-electron chi connectivity index (χ0n) is 14.0. The third-order valence-corrected chi connectivity index (χ3v) is 4.50. The van der Waals surface area contributed by atoms with Gasteiger partial charge < -0.3 is 15.0 Å². The number of nitrogens with zero attached hydrogens (tertiary/aromatic N) is 1. The Morgan fingerprint density at radius 2 is 1.96 bits per heavy atom. The number of carbonyl (C=O) groups excluding carboxylic acids is 2. The molecule has 0 aromatic heterocycles. The first-order valence-electron chi connectivity index (χ1n) is 8.23. The molecule has 1 atom stereocenters. The summed E-state index contributed by atoms with van der Waals surface area (Å²) in [4.78, 5) is 26.2. The summed E-state index contributed by atoms with van der Waals surface area (Å²) in [6.45, 7) is 1.03. The molecule has 2 aromatic carbocycles. The van der Waals surface area contributed by atoms with Gasteiger partial charge in [0.1, 0.15) is 11.9 Å². The summed E-state index contributed by atoms with van der Waals surface area (Å²) in [6.07, 6.45) is -0.203. The molecule has 1 aliphatic heterocycles. The third-order valence-electron chi connectivity index (χ3n) is 4.18. The van der Waals surface area contributed by atoms with Crippen LogP contribution in [0.25, 0.3) is 0 Å². The van der Waals surface area contributed by atoms with Gasteiger partial charge in [0.2, 0.25) is 5.91 Å². The Hall–Kier alpha value is -2.44. The lowest BCUT2D eigenvalue weighted by Gasteiger charge is -2.33. The zero-order chi connectivity index (χ0) is 18.5. The van der Waals surface area contributed by atoms with Crippen molar-refractivity contribution in [3.05, 3.63) is 70.5 Å². The molecule has 0 radical (unpaired) electrons. The van der Waals surface area contributed by atoms with Crippen LogP contribution in [-0.4, -0.2) is 43.0 Å². The molecular formula is C19H18ClFN2O3. The SMILES string of the molecule is O=C(NCC(=O)N1CCO[C@H](c2ccccc2)C1)c1c(F)cccc1Cl. The minimum atomic E-state index is -0.724. The quantitative estimate of drug-likeness (QED) is 0.892. The molecule has 0 unspecified atom stereocenters. The highest BCUT2D eigenvalue weighted by molar-refractivity contribution is 6.33. The summed E-state index contributed by atoms with van der Waals surface area (Å²) < 4.78 is 19.5. The molecule has 2 aromatic rings. The number of rotatable bonds is 4. The Bertz CT molecular complexity index is 780. The Balaban J connectivity index is 1.59. The number of amides is 2. The molecule has 7 heteroatoms. The zero-order valence-corrected chi connectivity index (χ0v) is 14.7. The molecule has 1 fully saturated rings. The maximum atomic E-state index is 13.8. The first kappa shape index (κ1) is 18.4. The molecular weight excluding hydrogens is 359 g/mol. The van der Waals surface area contributed by atoms with Crippen molar-refractivity contribution >= 4 is 23.4 Å². The molecule has 1 saturated heterocycles. The fourth-order valence-corrected chi connectivity index (χ4v) is 3.06. The van der Waals surface area contributed by atoms with Crippen molar-refractivity contribution in [2.45, 2.75) is 6.10 Å². The van der Waals surface area contributed by atoms with E-state index in [1.54, 1.807) is 4.90 Å². The Labute approximate surface area is 155 Å².